The van der Waals surface area contributed by atoms with Crippen LogP contribution in [-0.4, -0.2) is 32.2 Å². The second kappa shape index (κ2) is 3.84. The highest BCUT2D eigenvalue weighted by atomic mass is 16.5. The molecule has 0 aliphatic rings. The minimum Gasteiger partial charge on any atom is -0.464 e. The van der Waals surface area contributed by atoms with Gasteiger partial charge in [-0.05, 0) is 0 Å². The van der Waals surface area contributed by atoms with E-state index in [1.165, 1.54) is 14.2 Å². The Labute approximate surface area is 58.1 Å². The van der Waals surface area contributed by atoms with Crippen molar-refractivity contribution in [2.24, 2.45) is 0 Å². The summed E-state index contributed by atoms with van der Waals surface area (Å²) in [5, 5.41) is 0. The highest BCUT2D eigenvalue weighted by Crippen LogP contribution is 1.83. The molecule has 0 heterocycles. The quantitative estimate of drug-likeness (QED) is 0.361. The van der Waals surface area contributed by atoms with Crippen LogP contribution in [-0.2, 0) is 19.1 Å². The van der Waals surface area contributed by atoms with Gasteiger partial charge in [0, 0.05) is 0 Å². The van der Waals surface area contributed by atoms with Crippen LogP contribution in [0.2, 0.25) is 0 Å². The topological polar surface area (TPSA) is 80.2 Å². The van der Waals surface area contributed by atoms with Crippen molar-refractivity contribution in [3.05, 3.63) is 0 Å². The van der Waals surface area contributed by atoms with Gasteiger partial charge in [-0.25, -0.2) is 9.59 Å². The normalized spacial score (nSPS) is 9.20. The summed E-state index contributed by atoms with van der Waals surface area (Å²) in [6, 6.07) is -1.07. The van der Waals surface area contributed by atoms with Gasteiger partial charge in [0.1, 0.15) is 0 Å². The van der Waals surface area contributed by atoms with Crippen LogP contribution >= 0.6 is 0 Å². The Bertz CT molecular complexity index is 129. The lowest BCUT2D eigenvalue weighted by atomic mass is 10.3. The SMILES string of the molecule is COC(=O)C([NH3+])C(=O)OC. The van der Waals surface area contributed by atoms with E-state index in [4.69, 9.17) is 0 Å². The number of hydrogen-bond donors (Lipinski definition) is 1. The molecule has 0 radical (unpaired) electrons. The van der Waals surface area contributed by atoms with E-state index in [-0.39, 0.29) is 0 Å². The summed E-state index contributed by atoms with van der Waals surface area (Å²) in [7, 11) is 2.37. The first-order chi connectivity index (χ1) is 4.63. The molecule has 10 heavy (non-hydrogen) atoms. The maximum atomic E-state index is 10.5. The largest absolute Gasteiger partial charge is 0.464 e. The standard InChI is InChI=1S/C5H9NO4/c1-9-4(7)3(6)5(8)10-2/h3H,6H2,1-2H3/p+1. The summed E-state index contributed by atoms with van der Waals surface area (Å²) in [6.45, 7) is 0. The average molecular weight is 148 g/mol. The van der Waals surface area contributed by atoms with E-state index in [9.17, 15) is 9.59 Å². The zero-order valence-corrected chi connectivity index (χ0v) is 5.92. The Hall–Kier alpha value is -1.10. The fourth-order valence-corrected chi connectivity index (χ4v) is 0.381. The third-order valence-corrected chi connectivity index (χ3v) is 0.971. The Morgan fingerprint density at radius 3 is 1.70 bits per heavy atom. The van der Waals surface area contributed by atoms with Crippen LogP contribution in [0.5, 0.6) is 0 Å². The molecule has 5 nitrogen and oxygen atoms in total. The van der Waals surface area contributed by atoms with Crippen molar-refractivity contribution in [3.8, 4) is 0 Å². The average Bonchev–Trinajstić information content (AvgIpc) is 2.00. The van der Waals surface area contributed by atoms with Crippen molar-refractivity contribution in [3.63, 3.8) is 0 Å². The third-order valence-electron chi connectivity index (χ3n) is 0.971. The Balaban J connectivity index is 3.94. The number of rotatable bonds is 2. The maximum absolute atomic E-state index is 10.5. The van der Waals surface area contributed by atoms with Crippen LogP contribution < -0.4 is 5.73 Å². The molecule has 5 heteroatoms. The van der Waals surface area contributed by atoms with Crippen LogP contribution in [0.15, 0.2) is 0 Å². The van der Waals surface area contributed by atoms with E-state index in [0.717, 1.165) is 0 Å². The molecule has 0 amide bonds. The van der Waals surface area contributed by atoms with Crippen molar-refractivity contribution in [1.82, 2.24) is 0 Å². The van der Waals surface area contributed by atoms with Gasteiger partial charge in [-0.1, -0.05) is 0 Å². The van der Waals surface area contributed by atoms with Gasteiger partial charge in [0.25, 0.3) is 6.04 Å². The molecule has 0 unspecified atom stereocenters. The Morgan fingerprint density at radius 1 is 1.20 bits per heavy atom. The molecule has 0 rings (SSSR count). The van der Waals surface area contributed by atoms with Gasteiger partial charge in [-0.3, -0.25) is 0 Å². The van der Waals surface area contributed by atoms with Gasteiger partial charge >= 0.3 is 11.9 Å². The van der Waals surface area contributed by atoms with Gasteiger partial charge in [0.05, 0.1) is 14.2 Å². The van der Waals surface area contributed by atoms with Crippen LogP contribution in [0.3, 0.4) is 0 Å². The van der Waals surface area contributed by atoms with E-state index in [2.05, 4.69) is 15.2 Å². The summed E-state index contributed by atoms with van der Waals surface area (Å²) in [5.41, 5.74) is 3.23. The molecule has 0 aliphatic carbocycles. The number of hydrogen-bond acceptors (Lipinski definition) is 4. The zero-order valence-electron chi connectivity index (χ0n) is 5.92. The van der Waals surface area contributed by atoms with Crippen molar-refractivity contribution in [2.75, 3.05) is 14.2 Å². The van der Waals surface area contributed by atoms with Crippen molar-refractivity contribution in [2.45, 2.75) is 6.04 Å². The number of methoxy groups -OCH3 is 2. The predicted octanol–water partition coefficient (Wildman–Crippen LogP) is -2.06. The lowest BCUT2D eigenvalue weighted by molar-refractivity contribution is -0.397. The second-order valence-electron chi connectivity index (χ2n) is 1.60. The molecule has 0 spiro atoms. The van der Waals surface area contributed by atoms with Gasteiger partial charge in [-0.2, -0.15) is 0 Å². The van der Waals surface area contributed by atoms with Gasteiger partial charge in [0.15, 0.2) is 0 Å². The molecule has 3 N–H and O–H groups in total. The highest BCUT2D eigenvalue weighted by molar-refractivity contribution is 5.96. The van der Waals surface area contributed by atoms with Gasteiger partial charge in [0.2, 0.25) is 0 Å². The van der Waals surface area contributed by atoms with E-state index in [0.29, 0.717) is 0 Å². The molecule has 58 valence electrons. The highest BCUT2D eigenvalue weighted by Gasteiger charge is 2.27. The molecule has 0 aromatic heterocycles. The van der Waals surface area contributed by atoms with E-state index in [1.807, 2.05) is 0 Å². The first-order valence-electron chi connectivity index (χ1n) is 2.62. The number of quaternary nitrogens is 1. The van der Waals surface area contributed by atoms with Crippen LogP contribution in [0, 0.1) is 0 Å². The fourth-order valence-electron chi connectivity index (χ4n) is 0.381. The first-order valence-corrected chi connectivity index (χ1v) is 2.62. The minimum atomic E-state index is -1.07. The second-order valence-corrected chi connectivity index (χ2v) is 1.60. The van der Waals surface area contributed by atoms with Crippen molar-refractivity contribution in [1.29, 1.82) is 0 Å². The third kappa shape index (κ3) is 2.02. The van der Waals surface area contributed by atoms with E-state index < -0.39 is 18.0 Å². The zero-order chi connectivity index (χ0) is 8.15. The molecule has 0 aromatic carbocycles. The summed E-state index contributed by atoms with van der Waals surface area (Å²) in [5.74, 6) is -1.38. The summed E-state index contributed by atoms with van der Waals surface area (Å²) >= 11 is 0. The number of carbonyl (C=O) groups excluding carboxylic acids is 2. The Kier molecular flexibility index (Phi) is 3.42. The summed E-state index contributed by atoms with van der Waals surface area (Å²) in [6.07, 6.45) is 0. The molecule has 0 fully saturated rings. The number of esters is 2. The monoisotopic (exact) mass is 148 g/mol. The molecule has 0 atom stereocenters. The smallest absolute Gasteiger partial charge is 0.376 e. The molecular weight excluding hydrogens is 138 g/mol. The van der Waals surface area contributed by atoms with Crippen LogP contribution in [0.4, 0.5) is 0 Å². The van der Waals surface area contributed by atoms with Gasteiger partial charge in [-0.15, -0.1) is 0 Å². The lowest BCUT2D eigenvalue weighted by Crippen LogP contribution is -2.69. The molecular formula is C5H10NO4+. The van der Waals surface area contributed by atoms with Crippen LogP contribution in [0.25, 0.3) is 0 Å². The lowest BCUT2D eigenvalue weighted by Gasteiger charge is -2.01. The van der Waals surface area contributed by atoms with Crippen molar-refractivity contribution < 1.29 is 24.8 Å². The summed E-state index contributed by atoms with van der Waals surface area (Å²) in [4.78, 5) is 21.1. The molecule has 0 saturated carbocycles. The number of ether oxygens (including phenoxy) is 2. The maximum Gasteiger partial charge on any atom is 0.376 e. The first kappa shape index (κ1) is 8.90. The fraction of sp³-hybridized carbons (Fsp3) is 0.600. The van der Waals surface area contributed by atoms with E-state index >= 15 is 0 Å². The van der Waals surface area contributed by atoms with Crippen molar-refractivity contribution >= 4 is 11.9 Å². The molecule has 0 saturated heterocycles. The van der Waals surface area contributed by atoms with Gasteiger partial charge < -0.3 is 15.2 Å². The predicted molar refractivity (Wildman–Crippen MR) is 30.7 cm³/mol. The minimum absolute atomic E-state index is 0.688. The molecule has 0 aliphatic heterocycles. The summed E-state index contributed by atoms with van der Waals surface area (Å²) < 4.78 is 8.47. The molecule has 0 aromatic rings. The molecule has 0 bridgehead atoms. The number of carbonyl (C=O) groups is 2. The Morgan fingerprint density at radius 2 is 1.50 bits per heavy atom. The van der Waals surface area contributed by atoms with Crippen LogP contribution in [0.1, 0.15) is 0 Å². The van der Waals surface area contributed by atoms with E-state index in [1.54, 1.807) is 0 Å².